The Labute approximate surface area is 174 Å². The van der Waals surface area contributed by atoms with Crippen LogP contribution in [0.3, 0.4) is 0 Å². The fourth-order valence-electron chi connectivity index (χ4n) is 3.69. The molecule has 2 saturated heterocycles. The van der Waals surface area contributed by atoms with E-state index in [0.29, 0.717) is 38.7 Å². The van der Waals surface area contributed by atoms with Crippen molar-refractivity contribution in [2.24, 2.45) is 4.99 Å². The molecule has 4 rings (SSSR count). The number of unbranched alkanes of at least 4 members (excludes halogenated alkanes) is 1. The Morgan fingerprint density at radius 1 is 1.40 bits per heavy atom. The molecular formula is C20H27N5O5. The van der Waals surface area contributed by atoms with Crippen LogP contribution in [0.4, 0.5) is 5.69 Å². The lowest BCUT2D eigenvalue weighted by molar-refractivity contribution is -0.126. The fourth-order valence-corrected chi connectivity index (χ4v) is 3.69. The van der Waals surface area contributed by atoms with Gasteiger partial charge in [-0.25, -0.2) is 4.99 Å². The number of aliphatic hydroxyl groups is 1. The molecule has 3 aliphatic heterocycles. The third-order valence-corrected chi connectivity index (χ3v) is 5.29. The first-order valence-electron chi connectivity index (χ1n) is 10.3. The van der Waals surface area contributed by atoms with Crippen molar-refractivity contribution in [1.29, 1.82) is 0 Å². The molecule has 3 heterocycles. The summed E-state index contributed by atoms with van der Waals surface area (Å²) in [5.41, 5.74) is 1.72. The molecule has 4 N–H and O–H groups in total. The third kappa shape index (κ3) is 4.72. The molecule has 0 saturated carbocycles. The average Bonchev–Trinajstić information content (AvgIpc) is 3.06. The van der Waals surface area contributed by atoms with E-state index in [9.17, 15) is 14.7 Å². The van der Waals surface area contributed by atoms with E-state index >= 15 is 0 Å². The van der Waals surface area contributed by atoms with Crippen molar-refractivity contribution in [1.82, 2.24) is 20.9 Å². The highest BCUT2D eigenvalue weighted by molar-refractivity contribution is 6.07. The minimum atomic E-state index is -0.609. The van der Waals surface area contributed by atoms with Crippen molar-refractivity contribution in [3.8, 4) is 5.75 Å². The van der Waals surface area contributed by atoms with Crippen LogP contribution in [0.1, 0.15) is 24.8 Å². The summed E-state index contributed by atoms with van der Waals surface area (Å²) in [6.07, 6.45) is 1.68. The Kier molecular flexibility index (Phi) is 6.46. The van der Waals surface area contributed by atoms with Crippen LogP contribution in [0.15, 0.2) is 23.2 Å². The first kappa shape index (κ1) is 20.6. The molecule has 0 spiro atoms. The smallest absolute Gasteiger partial charge is 0.251 e. The van der Waals surface area contributed by atoms with E-state index < -0.39 is 6.04 Å². The largest absolute Gasteiger partial charge is 0.494 e. The Morgan fingerprint density at radius 2 is 2.30 bits per heavy atom. The molecule has 0 bridgehead atoms. The van der Waals surface area contributed by atoms with Crippen molar-refractivity contribution in [3.05, 3.63) is 23.8 Å². The summed E-state index contributed by atoms with van der Waals surface area (Å²) in [6.45, 7) is 2.79. The number of nitrogens with one attached hydrogen (secondary N) is 3. The van der Waals surface area contributed by atoms with E-state index in [4.69, 9.17) is 9.47 Å². The maximum absolute atomic E-state index is 11.9. The van der Waals surface area contributed by atoms with E-state index in [1.165, 1.54) is 0 Å². The molecule has 2 unspecified atom stereocenters. The molecule has 1 aromatic rings. The lowest BCUT2D eigenvalue weighted by Crippen LogP contribution is -2.48. The SMILES string of the molecule is O=C(CCCCOc1ccc2c(c1)CN1C(=N2)NC(=O)C1CO)NC1CNCCO1. The maximum Gasteiger partial charge on any atom is 0.251 e. The van der Waals surface area contributed by atoms with E-state index in [2.05, 4.69) is 20.9 Å². The summed E-state index contributed by atoms with van der Waals surface area (Å²) in [7, 11) is 0. The lowest BCUT2D eigenvalue weighted by atomic mass is 10.1. The molecule has 2 atom stereocenters. The Balaban J connectivity index is 1.21. The van der Waals surface area contributed by atoms with Gasteiger partial charge in [0, 0.05) is 31.6 Å². The van der Waals surface area contributed by atoms with E-state index in [1.54, 1.807) is 4.90 Å². The van der Waals surface area contributed by atoms with Gasteiger partial charge in [-0.3, -0.25) is 14.9 Å². The second-order valence-electron chi connectivity index (χ2n) is 7.48. The number of hydrogen-bond donors (Lipinski definition) is 4. The molecular weight excluding hydrogens is 390 g/mol. The summed E-state index contributed by atoms with van der Waals surface area (Å²) >= 11 is 0. The molecule has 10 nitrogen and oxygen atoms in total. The van der Waals surface area contributed by atoms with Gasteiger partial charge in [0.05, 0.1) is 25.5 Å². The molecule has 30 heavy (non-hydrogen) atoms. The Hall–Kier alpha value is -2.69. The van der Waals surface area contributed by atoms with Gasteiger partial charge in [-0.2, -0.15) is 0 Å². The third-order valence-electron chi connectivity index (χ3n) is 5.29. The number of nitrogens with zero attached hydrogens (tertiary/aromatic N) is 2. The van der Waals surface area contributed by atoms with Gasteiger partial charge in [-0.15, -0.1) is 0 Å². The number of morpholine rings is 1. The topological polar surface area (TPSA) is 125 Å². The highest BCUT2D eigenvalue weighted by Crippen LogP contribution is 2.31. The normalized spacial score (nSPS) is 22.6. The molecule has 1 aromatic carbocycles. The van der Waals surface area contributed by atoms with Crippen molar-refractivity contribution in [2.75, 3.05) is 32.9 Å². The molecule has 0 aromatic heterocycles. The number of aliphatic hydroxyl groups excluding tert-OH is 1. The number of rotatable bonds is 8. The standard InChI is InChI=1S/C20H27N5O5/c26-12-16-19(28)24-20-22-15-5-4-14(9-13(15)11-25(16)20)29-7-2-1-3-17(27)23-18-10-21-6-8-30-18/h4-5,9,16,18,21,26H,1-3,6-8,10-12H2,(H,23,27)(H,22,24,28). The molecule has 2 amide bonds. The zero-order valence-corrected chi connectivity index (χ0v) is 16.7. The minimum Gasteiger partial charge on any atom is -0.494 e. The number of guanidine groups is 1. The number of fused-ring (bicyclic) bond motifs is 2. The zero-order valence-electron chi connectivity index (χ0n) is 16.7. The minimum absolute atomic E-state index is 0.0154. The Bertz CT molecular complexity index is 824. The van der Waals surface area contributed by atoms with Crippen LogP contribution >= 0.6 is 0 Å². The number of hydrogen-bond acceptors (Lipinski definition) is 8. The summed E-state index contributed by atoms with van der Waals surface area (Å²) in [5, 5.41) is 18.2. The van der Waals surface area contributed by atoms with E-state index in [-0.39, 0.29) is 24.6 Å². The number of carbonyl (C=O) groups is 2. The number of carbonyl (C=O) groups excluding carboxylic acids is 2. The number of amides is 2. The van der Waals surface area contributed by atoms with Crippen LogP contribution in [-0.4, -0.2) is 73.0 Å². The van der Waals surface area contributed by atoms with Crippen LogP contribution in [0.5, 0.6) is 5.75 Å². The summed E-state index contributed by atoms with van der Waals surface area (Å²) in [4.78, 5) is 30.1. The van der Waals surface area contributed by atoms with Gasteiger partial charge >= 0.3 is 0 Å². The predicted molar refractivity (Wildman–Crippen MR) is 108 cm³/mol. The van der Waals surface area contributed by atoms with E-state index in [1.807, 2.05) is 18.2 Å². The van der Waals surface area contributed by atoms with Crippen molar-refractivity contribution >= 4 is 23.5 Å². The van der Waals surface area contributed by atoms with Crippen molar-refractivity contribution in [3.63, 3.8) is 0 Å². The first-order chi connectivity index (χ1) is 14.6. The summed E-state index contributed by atoms with van der Waals surface area (Å²) in [6, 6.07) is 5.01. The van der Waals surface area contributed by atoms with Gasteiger partial charge in [-0.05, 0) is 31.0 Å². The fraction of sp³-hybridized carbons (Fsp3) is 0.550. The monoisotopic (exact) mass is 417 g/mol. The van der Waals surface area contributed by atoms with E-state index in [0.717, 1.165) is 36.4 Å². The van der Waals surface area contributed by atoms with Crippen LogP contribution in [0, 0.1) is 0 Å². The quantitative estimate of drug-likeness (QED) is 0.424. The average molecular weight is 417 g/mol. The summed E-state index contributed by atoms with van der Waals surface area (Å²) in [5.74, 6) is 0.944. The van der Waals surface area contributed by atoms with Crippen LogP contribution in [-0.2, 0) is 20.9 Å². The number of ether oxygens (including phenoxy) is 2. The second kappa shape index (κ2) is 9.41. The molecule has 2 fully saturated rings. The molecule has 0 aliphatic carbocycles. The second-order valence-corrected chi connectivity index (χ2v) is 7.48. The van der Waals surface area contributed by atoms with Crippen LogP contribution < -0.4 is 20.7 Å². The first-order valence-corrected chi connectivity index (χ1v) is 10.3. The van der Waals surface area contributed by atoms with Crippen LogP contribution in [0.25, 0.3) is 0 Å². The van der Waals surface area contributed by atoms with Gasteiger partial charge in [0.15, 0.2) is 0 Å². The predicted octanol–water partition coefficient (Wildman–Crippen LogP) is -0.408. The molecule has 10 heteroatoms. The summed E-state index contributed by atoms with van der Waals surface area (Å²) < 4.78 is 11.3. The maximum atomic E-state index is 11.9. The molecule has 3 aliphatic rings. The van der Waals surface area contributed by atoms with Gasteiger partial charge in [0.2, 0.25) is 11.9 Å². The van der Waals surface area contributed by atoms with Gasteiger partial charge in [-0.1, -0.05) is 0 Å². The van der Waals surface area contributed by atoms with Crippen molar-refractivity contribution < 1.29 is 24.2 Å². The van der Waals surface area contributed by atoms with Crippen LogP contribution in [0.2, 0.25) is 0 Å². The molecule has 162 valence electrons. The highest BCUT2D eigenvalue weighted by Gasteiger charge is 2.38. The van der Waals surface area contributed by atoms with Gasteiger partial charge < -0.3 is 30.1 Å². The lowest BCUT2D eigenvalue weighted by Gasteiger charge is -2.27. The molecule has 0 radical (unpaired) electrons. The van der Waals surface area contributed by atoms with Gasteiger partial charge in [0.25, 0.3) is 5.91 Å². The number of aliphatic imine (C=N–C) groups is 1. The zero-order chi connectivity index (χ0) is 20.9. The highest BCUT2D eigenvalue weighted by atomic mass is 16.5. The van der Waals surface area contributed by atoms with Gasteiger partial charge in [0.1, 0.15) is 18.0 Å². The number of benzene rings is 1. The Morgan fingerprint density at radius 3 is 3.10 bits per heavy atom. The van der Waals surface area contributed by atoms with Crippen molar-refractivity contribution in [2.45, 2.75) is 38.1 Å².